The number of rotatable bonds is 0. The molecule has 0 amide bonds. The SMILES string of the molecule is CN=C1C=CCc2ccc3ccc[c-]c3c21.[Pt]. The average Bonchev–Trinajstić information content (AvgIpc) is 2.37. The molecule has 0 aromatic heterocycles. The number of nitrogens with zero attached hydrogens (tertiary/aromatic N) is 1. The smallest absolute Gasteiger partial charge is 0.0274 e. The van der Waals surface area contributed by atoms with Crippen molar-refractivity contribution in [2.24, 2.45) is 4.99 Å². The molecule has 0 radical (unpaired) electrons. The molecule has 0 unspecified atom stereocenters. The molecule has 0 bridgehead atoms. The van der Waals surface area contributed by atoms with Crippen LogP contribution in [0.25, 0.3) is 10.8 Å². The zero-order chi connectivity index (χ0) is 11.0. The van der Waals surface area contributed by atoms with Gasteiger partial charge in [-0.05, 0) is 12.5 Å². The molecule has 0 heterocycles. The predicted molar refractivity (Wildman–Crippen MR) is 68.1 cm³/mol. The van der Waals surface area contributed by atoms with E-state index in [9.17, 15) is 0 Å². The van der Waals surface area contributed by atoms with Crippen molar-refractivity contribution >= 4 is 16.5 Å². The molecule has 0 fully saturated rings. The van der Waals surface area contributed by atoms with Crippen LogP contribution in [0.2, 0.25) is 0 Å². The van der Waals surface area contributed by atoms with Gasteiger partial charge in [-0.15, -0.1) is 35.0 Å². The van der Waals surface area contributed by atoms with Crippen molar-refractivity contribution in [3.63, 3.8) is 0 Å². The van der Waals surface area contributed by atoms with Gasteiger partial charge in [-0.3, -0.25) is 4.99 Å². The standard InChI is InChI=1S/C15H12N.Pt/c1-16-14-8-4-6-12-10-9-11-5-2-3-7-13(11)15(12)14;/h2-5,8-10H,6H2,1H3;/q-1;. The average molecular weight is 401 g/mol. The van der Waals surface area contributed by atoms with Crippen molar-refractivity contribution in [2.45, 2.75) is 6.42 Å². The van der Waals surface area contributed by atoms with Gasteiger partial charge in [0.1, 0.15) is 0 Å². The molecule has 2 aromatic rings. The molecule has 1 nitrogen and oxygen atoms in total. The molecule has 3 rings (SSSR count). The minimum atomic E-state index is 0. The van der Waals surface area contributed by atoms with Gasteiger partial charge in [0, 0.05) is 33.8 Å². The maximum atomic E-state index is 4.35. The Kier molecular flexibility index (Phi) is 3.59. The molecule has 17 heavy (non-hydrogen) atoms. The fourth-order valence-electron chi connectivity index (χ4n) is 2.27. The van der Waals surface area contributed by atoms with E-state index in [1.54, 1.807) is 0 Å². The van der Waals surface area contributed by atoms with E-state index in [4.69, 9.17) is 0 Å². The summed E-state index contributed by atoms with van der Waals surface area (Å²) in [6.45, 7) is 0. The summed E-state index contributed by atoms with van der Waals surface area (Å²) >= 11 is 0. The second kappa shape index (κ2) is 4.97. The van der Waals surface area contributed by atoms with Crippen molar-refractivity contribution in [2.75, 3.05) is 7.05 Å². The van der Waals surface area contributed by atoms with Crippen LogP contribution in [0.15, 0.2) is 47.5 Å². The summed E-state index contributed by atoms with van der Waals surface area (Å²) in [6, 6.07) is 13.8. The van der Waals surface area contributed by atoms with Gasteiger partial charge in [0.15, 0.2) is 0 Å². The monoisotopic (exact) mass is 401 g/mol. The van der Waals surface area contributed by atoms with E-state index in [0.29, 0.717) is 0 Å². The van der Waals surface area contributed by atoms with Crippen LogP contribution in [-0.2, 0) is 27.5 Å². The van der Waals surface area contributed by atoms with Crippen molar-refractivity contribution < 1.29 is 21.1 Å². The Labute approximate surface area is 116 Å². The molecule has 0 atom stereocenters. The zero-order valence-corrected chi connectivity index (χ0v) is 11.8. The van der Waals surface area contributed by atoms with Crippen LogP contribution in [0.1, 0.15) is 11.1 Å². The first kappa shape index (κ1) is 12.3. The third kappa shape index (κ3) is 2.00. The van der Waals surface area contributed by atoms with Crippen LogP contribution < -0.4 is 0 Å². The van der Waals surface area contributed by atoms with Gasteiger partial charge in [-0.25, -0.2) is 0 Å². The van der Waals surface area contributed by atoms with Crippen molar-refractivity contribution in [3.05, 3.63) is 59.7 Å². The Morgan fingerprint density at radius 1 is 1.24 bits per heavy atom. The molecule has 1 aliphatic carbocycles. The van der Waals surface area contributed by atoms with E-state index >= 15 is 0 Å². The van der Waals surface area contributed by atoms with Crippen LogP contribution in [0.5, 0.6) is 0 Å². The van der Waals surface area contributed by atoms with Crippen LogP contribution in [-0.4, -0.2) is 12.8 Å². The first-order chi connectivity index (χ1) is 7.90. The number of hydrogen-bond acceptors (Lipinski definition) is 1. The Bertz CT molecular complexity index is 611. The quantitative estimate of drug-likeness (QED) is 0.602. The van der Waals surface area contributed by atoms with Gasteiger partial charge in [-0.1, -0.05) is 29.3 Å². The largest absolute Gasteiger partial charge is 0.298 e. The van der Waals surface area contributed by atoms with Gasteiger partial charge < -0.3 is 0 Å². The number of aliphatic imine (C=N–C) groups is 1. The van der Waals surface area contributed by atoms with E-state index in [1.165, 1.54) is 21.9 Å². The molecule has 0 aliphatic heterocycles. The minimum absolute atomic E-state index is 0. The van der Waals surface area contributed by atoms with Crippen molar-refractivity contribution in [1.29, 1.82) is 0 Å². The molecule has 2 heteroatoms. The summed E-state index contributed by atoms with van der Waals surface area (Å²) in [7, 11) is 1.84. The molecule has 0 saturated carbocycles. The zero-order valence-electron chi connectivity index (χ0n) is 9.51. The van der Waals surface area contributed by atoms with Crippen LogP contribution in [0.4, 0.5) is 0 Å². The molecule has 2 aromatic carbocycles. The first-order valence-corrected chi connectivity index (χ1v) is 5.46. The number of fused-ring (bicyclic) bond motifs is 3. The normalized spacial score (nSPS) is 15.7. The van der Waals surface area contributed by atoms with Crippen LogP contribution in [0, 0.1) is 6.07 Å². The Hall–Kier alpha value is -1.20. The van der Waals surface area contributed by atoms with Gasteiger partial charge in [0.05, 0.1) is 0 Å². The number of allylic oxidation sites excluding steroid dienone is 2. The molecule has 0 N–H and O–H groups in total. The van der Waals surface area contributed by atoms with E-state index in [1.807, 2.05) is 19.2 Å². The summed E-state index contributed by atoms with van der Waals surface area (Å²) in [6.07, 6.45) is 5.26. The van der Waals surface area contributed by atoms with Gasteiger partial charge in [-0.2, -0.15) is 0 Å². The second-order valence-corrected chi connectivity index (χ2v) is 3.95. The third-order valence-corrected chi connectivity index (χ3v) is 3.03. The second-order valence-electron chi connectivity index (χ2n) is 3.95. The van der Waals surface area contributed by atoms with Crippen molar-refractivity contribution in [1.82, 2.24) is 0 Å². The summed E-state index contributed by atoms with van der Waals surface area (Å²) in [5.41, 5.74) is 3.66. The van der Waals surface area contributed by atoms with Crippen molar-refractivity contribution in [3.8, 4) is 0 Å². The fourth-order valence-corrected chi connectivity index (χ4v) is 2.27. The maximum absolute atomic E-state index is 4.35. The summed E-state index contributed by atoms with van der Waals surface area (Å²) in [4.78, 5) is 4.35. The summed E-state index contributed by atoms with van der Waals surface area (Å²) < 4.78 is 0. The van der Waals surface area contributed by atoms with Crippen LogP contribution in [0.3, 0.4) is 0 Å². The maximum Gasteiger partial charge on any atom is 0.0274 e. The number of benzene rings is 2. The minimum Gasteiger partial charge on any atom is -0.298 e. The van der Waals surface area contributed by atoms with E-state index in [-0.39, 0.29) is 21.1 Å². The number of hydrogen-bond donors (Lipinski definition) is 0. The van der Waals surface area contributed by atoms with E-state index < -0.39 is 0 Å². The third-order valence-electron chi connectivity index (χ3n) is 3.03. The van der Waals surface area contributed by atoms with Gasteiger partial charge in [0.2, 0.25) is 0 Å². The Morgan fingerprint density at radius 2 is 2.12 bits per heavy atom. The van der Waals surface area contributed by atoms with Crippen LogP contribution >= 0.6 is 0 Å². The Balaban J connectivity index is 0.00000108. The fraction of sp³-hybridized carbons (Fsp3) is 0.133. The summed E-state index contributed by atoms with van der Waals surface area (Å²) in [5, 5.41) is 2.42. The summed E-state index contributed by atoms with van der Waals surface area (Å²) in [5.74, 6) is 0. The van der Waals surface area contributed by atoms with E-state index in [2.05, 4.69) is 41.4 Å². The molecular formula is C15H12NPt-. The first-order valence-electron chi connectivity index (χ1n) is 5.46. The Morgan fingerprint density at radius 3 is 2.94 bits per heavy atom. The van der Waals surface area contributed by atoms with Gasteiger partial charge in [0.25, 0.3) is 0 Å². The molecule has 88 valence electrons. The van der Waals surface area contributed by atoms with E-state index in [0.717, 1.165) is 12.1 Å². The molecule has 0 spiro atoms. The topological polar surface area (TPSA) is 12.4 Å². The predicted octanol–water partition coefficient (Wildman–Crippen LogP) is 3.17. The molecule has 0 saturated heterocycles. The molecular weight excluding hydrogens is 389 g/mol. The van der Waals surface area contributed by atoms with Gasteiger partial charge >= 0.3 is 0 Å². The molecule has 1 aliphatic rings.